The minimum atomic E-state index is 0.0595. The third-order valence-electron chi connectivity index (χ3n) is 3.23. The largest absolute Gasteiger partial charge is 0.380 e. The van der Waals surface area contributed by atoms with Gasteiger partial charge in [0.1, 0.15) is 0 Å². The molecule has 0 fully saturated rings. The zero-order chi connectivity index (χ0) is 12.9. The van der Waals surface area contributed by atoms with Crippen molar-refractivity contribution in [3.8, 4) is 0 Å². The van der Waals surface area contributed by atoms with Crippen LogP contribution in [0.5, 0.6) is 0 Å². The van der Waals surface area contributed by atoms with Crippen LogP contribution in [0.2, 0.25) is 0 Å². The van der Waals surface area contributed by atoms with Gasteiger partial charge in [-0.1, -0.05) is 32.0 Å². The van der Waals surface area contributed by atoms with E-state index in [0.717, 1.165) is 25.8 Å². The number of aryl methyl sites for hydroxylation is 2. The van der Waals surface area contributed by atoms with E-state index in [1.807, 2.05) is 0 Å². The van der Waals surface area contributed by atoms with Crippen molar-refractivity contribution < 1.29 is 0 Å². The molecule has 0 spiro atoms. The second-order valence-electron chi connectivity index (χ2n) is 5.21. The Labute approximate surface area is 106 Å². The van der Waals surface area contributed by atoms with Crippen LogP contribution in [0.25, 0.3) is 0 Å². The minimum Gasteiger partial charge on any atom is -0.380 e. The lowest BCUT2D eigenvalue weighted by molar-refractivity contribution is 0.525. The lowest BCUT2D eigenvalue weighted by atomic mass is 9.96. The van der Waals surface area contributed by atoms with Crippen molar-refractivity contribution in [2.75, 3.05) is 11.9 Å². The number of rotatable bonds is 6. The molecule has 0 aliphatic heterocycles. The summed E-state index contributed by atoms with van der Waals surface area (Å²) in [5.74, 6) is 0. The predicted molar refractivity (Wildman–Crippen MR) is 76.6 cm³/mol. The quantitative estimate of drug-likeness (QED) is 0.792. The average molecular weight is 234 g/mol. The number of para-hydroxylation sites is 1. The third kappa shape index (κ3) is 3.74. The van der Waals surface area contributed by atoms with Crippen LogP contribution >= 0.6 is 0 Å². The molecule has 0 unspecified atom stereocenters. The molecular weight excluding hydrogens is 208 g/mol. The molecule has 2 nitrogen and oxygen atoms in total. The van der Waals surface area contributed by atoms with E-state index in [0.29, 0.717) is 0 Å². The van der Waals surface area contributed by atoms with Gasteiger partial charge in [-0.25, -0.2) is 0 Å². The number of benzene rings is 1. The summed E-state index contributed by atoms with van der Waals surface area (Å²) in [6, 6.07) is 6.57. The fraction of sp³-hybridized carbons (Fsp3) is 0.600. The third-order valence-corrected chi connectivity index (χ3v) is 3.23. The second kappa shape index (κ2) is 6.06. The van der Waals surface area contributed by atoms with E-state index in [1.165, 1.54) is 16.8 Å². The van der Waals surface area contributed by atoms with Crippen LogP contribution in [-0.4, -0.2) is 12.1 Å². The van der Waals surface area contributed by atoms with Crippen LogP contribution in [0, 0.1) is 0 Å². The fourth-order valence-electron chi connectivity index (χ4n) is 2.16. The Morgan fingerprint density at radius 3 is 2.06 bits per heavy atom. The van der Waals surface area contributed by atoms with Gasteiger partial charge in [0, 0.05) is 11.2 Å². The molecule has 0 amide bonds. The van der Waals surface area contributed by atoms with Gasteiger partial charge in [0.25, 0.3) is 0 Å². The van der Waals surface area contributed by atoms with Crippen molar-refractivity contribution in [1.82, 2.24) is 0 Å². The summed E-state index contributed by atoms with van der Waals surface area (Å²) >= 11 is 0. The van der Waals surface area contributed by atoms with Gasteiger partial charge >= 0.3 is 0 Å². The Bertz CT molecular complexity index is 334. The maximum Gasteiger partial charge on any atom is 0.0409 e. The number of nitrogens with two attached hydrogens (primary N) is 1. The van der Waals surface area contributed by atoms with E-state index in [4.69, 9.17) is 5.73 Å². The van der Waals surface area contributed by atoms with E-state index >= 15 is 0 Å². The van der Waals surface area contributed by atoms with Crippen molar-refractivity contribution in [1.29, 1.82) is 0 Å². The lowest BCUT2D eigenvalue weighted by Crippen LogP contribution is -2.34. The van der Waals surface area contributed by atoms with Gasteiger partial charge in [-0.3, -0.25) is 0 Å². The zero-order valence-electron chi connectivity index (χ0n) is 11.6. The molecule has 0 saturated heterocycles. The van der Waals surface area contributed by atoms with Gasteiger partial charge in [0.05, 0.1) is 0 Å². The highest BCUT2D eigenvalue weighted by Gasteiger charge is 2.18. The maximum absolute atomic E-state index is 5.67. The molecule has 1 rings (SSSR count). The normalized spacial score (nSPS) is 11.6. The van der Waals surface area contributed by atoms with E-state index in [2.05, 4.69) is 51.2 Å². The monoisotopic (exact) mass is 234 g/mol. The van der Waals surface area contributed by atoms with E-state index in [-0.39, 0.29) is 5.54 Å². The molecule has 0 atom stereocenters. The first-order chi connectivity index (χ1) is 8.04. The summed E-state index contributed by atoms with van der Waals surface area (Å²) in [5.41, 5.74) is 9.84. The molecular formula is C15H26N2. The van der Waals surface area contributed by atoms with Gasteiger partial charge < -0.3 is 11.1 Å². The Hall–Kier alpha value is -1.02. The van der Waals surface area contributed by atoms with Crippen molar-refractivity contribution in [2.24, 2.45) is 5.73 Å². The summed E-state index contributed by atoms with van der Waals surface area (Å²) in [5, 5.41) is 3.68. The molecule has 3 N–H and O–H groups in total. The van der Waals surface area contributed by atoms with Crippen molar-refractivity contribution in [3.05, 3.63) is 29.3 Å². The molecule has 0 aromatic heterocycles. The molecule has 96 valence electrons. The van der Waals surface area contributed by atoms with E-state index in [1.54, 1.807) is 0 Å². The summed E-state index contributed by atoms with van der Waals surface area (Å²) in [7, 11) is 0. The molecule has 0 heterocycles. The number of hydrogen-bond acceptors (Lipinski definition) is 2. The maximum atomic E-state index is 5.67. The summed E-state index contributed by atoms with van der Waals surface area (Å²) < 4.78 is 0. The van der Waals surface area contributed by atoms with Crippen LogP contribution < -0.4 is 11.1 Å². The molecule has 0 bridgehead atoms. The highest BCUT2D eigenvalue weighted by molar-refractivity contribution is 5.59. The van der Waals surface area contributed by atoms with Crippen LogP contribution in [0.4, 0.5) is 5.69 Å². The smallest absolute Gasteiger partial charge is 0.0409 e. The molecule has 0 aliphatic carbocycles. The number of hydrogen-bond donors (Lipinski definition) is 2. The Morgan fingerprint density at radius 1 is 1.12 bits per heavy atom. The van der Waals surface area contributed by atoms with E-state index < -0.39 is 0 Å². The standard InChI is InChI=1S/C15H26N2/c1-5-12-8-7-9-13(6-2)14(12)17-15(3,4)10-11-16/h7-9,17H,5-6,10-11,16H2,1-4H3. The van der Waals surface area contributed by atoms with E-state index in [9.17, 15) is 0 Å². The molecule has 17 heavy (non-hydrogen) atoms. The van der Waals surface area contributed by atoms with Crippen molar-refractivity contribution >= 4 is 5.69 Å². The first kappa shape index (κ1) is 14.0. The fourth-order valence-corrected chi connectivity index (χ4v) is 2.16. The summed E-state index contributed by atoms with van der Waals surface area (Å²) in [4.78, 5) is 0. The molecule has 0 aliphatic rings. The van der Waals surface area contributed by atoms with Gasteiger partial charge in [-0.2, -0.15) is 0 Å². The van der Waals surface area contributed by atoms with Gasteiger partial charge in [0.15, 0.2) is 0 Å². The SMILES string of the molecule is CCc1cccc(CC)c1NC(C)(C)CCN. The highest BCUT2D eigenvalue weighted by Crippen LogP contribution is 2.26. The number of nitrogens with one attached hydrogen (secondary N) is 1. The first-order valence-corrected chi connectivity index (χ1v) is 6.63. The zero-order valence-corrected chi connectivity index (χ0v) is 11.6. The van der Waals surface area contributed by atoms with Crippen LogP contribution in [0.1, 0.15) is 45.2 Å². The molecule has 0 radical (unpaired) electrons. The van der Waals surface area contributed by atoms with Gasteiger partial charge in [-0.15, -0.1) is 0 Å². The Balaban J connectivity index is 3.02. The highest BCUT2D eigenvalue weighted by atomic mass is 15.0. The van der Waals surface area contributed by atoms with Crippen molar-refractivity contribution in [3.63, 3.8) is 0 Å². The van der Waals surface area contributed by atoms with Crippen molar-refractivity contribution in [2.45, 2.75) is 52.5 Å². The van der Waals surface area contributed by atoms with Crippen LogP contribution in [0.3, 0.4) is 0 Å². The molecule has 1 aromatic carbocycles. The molecule has 0 saturated carbocycles. The molecule has 2 heteroatoms. The topological polar surface area (TPSA) is 38.0 Å². The van der Waals surface area contributed by atoms with Crippen LogP contribution in [-0.2, 0) is 12.8 Å². The summed E-state index contributed by atoms with van der Waals surface area (Å²) in [6.07, 6.45) is 3.11. The average Bonchev–Trinajstić information content (AvgIpc) is 2.28. The van der Waals surface area contributed by atoms with Gasteiger partial charge in [0.2, 0.25) is 0 Å². The van der Waals surface area contributed by atoms with Gasteiger partial charge in [-0.05, 0) is 50.8 Å². The molecule has 1 aromatic rings. The minimum absolute atomic E-state index is 0.0595. The lowest BCUT2D eigenvalue weighted by Gasteiger charge is -2.30. The first-order valence-electron chi connectivity index (χ1n) is 6.63. The Morgan fingerprint density at radius 2 is 1.65 bits per heavy atom. The number of anilines is 1. The summed E-state index contributed by atoms with van der Waals surface area (Å²) in [6.45, 7) is 9.55. The second-order valence-corrected chi connectivity index (χ2v) is 5.21. The van der Waals surface area contributed by atoms with Crippen LogP contribution in [0.15, 0.2) is 18.2 Å². The Kier molecular flexibility index (Phi) is 5.01. The predicted octanol–water partition coefficient (Wildman–Crippen LogP) is 3.35.